The highest BCUT2D eigenvalue weighted by Crippen LogP contribution is 2.36. The van der Waals surface area contributed by atoms with Crippen molar-refractivity contribution in [2.45, 2.75) is 70.7 Å². The van der Waals surface area contributed by atoms with E-state index in [-0.39, 0.29) is 12.1 Å². The summed E-state index contributed by atoms with van der Waals surface area (Å²) in [6.45, 7) is 7.26. The monoisotopic (exact) mass is 258 g/mol. The molecule has 18 heavy (non-hydrogen) atoms. The van der Waals surface area contributed by atoms with Gasteiger partial charge in [-0.25, -0.2) is 0 Å². The van der Waals surface area contributed by atoms with Crippen LogP contribution in [0.2, 0.25) is 0 Å². The molecule has 0 saturated heterocycles. The number of methoxy groups -OCH3 is 1. The molecule has 0 spiro atoms. The lowest BCUT2D eigenvalue weighted by Crippen LogP contribution is -2.46. The molecule has 1 N–H and O–H groups in total. The van der Waals surface area contributed by atoms with Crippen molar-refractivity contribution in [3.05, 3.63) is 0 Å². The van der Waals surface area contributed by atoms with Crippen molar-refractivity contribution in [3.63, 3.8) is 0 Å². The van der Waals surface area contributed by atoms with Crippen LogP contribution in [0.4, 0.5) is 0 Å². The molecular formula is C14H26O4. The molecular weight excluding hydrogens is 232 g/mol. The van der Waals surface area contributed by atoms with Gasteiger partial charge in [0.2, 0.25) is 0 Å². The van der Waals surface area contributed by atoms with Gasteiger partial charge < -0.3 is 14.6 Å². The van der Waals surface area contributed by atoms with Crippen LogP contribution in [0.25, 0.3) is 0 Å². The van der Waals surface area contributed by atoms with Gasteiger partial charge in [-0.05, 0) is 53.4 Å². The highest BCUT2D eigenvalue weighted by atomic mass is 16.6. The van der Waals surface area contributed by atoms with Gasteiger partial charge in [-0.2, -0.15) is 0 Å². The van der Waals surface area contributed by atoms with Crippen molar-refractivity contribution in [1.29, 1.82) is 0 Å². The first kappa shape index (κ1) is 15.4. The Morgan fingerprint density at radius 3 is 2.22 bits per heavy atom. The Bertz CT molecular complexity index is 285. The summed E-state index contributed by atoms with van der Waals surface area (Å²) < 4.78 is 10.6. The summed E-state index contributed by atoms with van der Waals surface area (Å²) in [6, 6.07) is 0. The van der Waals surface area contributed by atoms with E-state index in [1.807, 2.05) is 20.8 Å². The fraction of sp³-hybridized carbons (Fsp3) is 0.929. The van der Waals surface area contributed by atoms with Gasteiger partial charge in [0.15, 0.2) is 0 Å². The lowest BCUT2D eigenvalue weighted by Gasteiger charge is -2.39. The second-order valence-corrected chi connectivity index (χ2v) is 6.29. The highest BCUT2D eigenvalue weighted by Gasteiger charge is 2.43. The predicted molar refractivity (Wildman–Crippen MR) is 69.2 cm³/mol. The predicted octanol–water partition coefficient (Wildman–Crippen LogP) is 2.28. The summed E-state index contributed by atoms with van der Waals surface area (Å²) >= 11 is 0. The Balaban J connectivity index is 2.60. The molecule has 0 heterocycles. The first-order chi connectivity index (χ1) is 8.18. The molecule has 106 valence electrons. The third-order valence-electron chi connectivity index (χ3n) is 3.70. The van der Waals surface area contributed by atoms with Gasteiger partial charge in [0.05, 0.1) is 17.6 Å². The quantitative estimate of drug-likeness (QED) is 0.789. The second-order valence-electron chi connectivity index (χ2n) is 6.29. The molecule has 1 aliphatic rings. The summed E-state index contributed by atoms with van der Waals surface area (Å²) in [5.41, 5.74) is -1.46. The molecule has 1 unspecified atom stereocenters. The minimum atomic E-state index is -0.947. The molecule has 1 aliphatic carbocycles. The maximum Gasteiger partial charge on any atom is 0.312 e. The molecule has 4 nitrogen and oxygen atoms in total. The third-order valence-corrected chi connectivity index (χ3v) is 3.70. The topological polar surface area (TPSA) is 55.8 Å². The van der Waals surface area contributed by atoms with E-state index in [4.69, 9.17) is 9.47 Å². The molecule has 0 aromatic carbocycles. The zero-order chi connectivity index (χ0) is 14.0. The van der Waals surface area contributed by atoms with Gasteiger partial charge in [0.1, 0.15) is 5.60 Å². The van der Waals surface area contributed by atoms with Crippen LogP contribution in [0.1, 0.15) is 53.4 Å². The van der Waals surface area contributed by atoms with E-state index in [2.05, 4.69) is 0 Å². The first-order valence-electron chi connectivity index (χ1n) is 6.66. The van der Waals surface area contributed by atoms with Crippen LogP contribution in [0.5, 0.6) is 0 Å². The Hall–Kier alpha value is -0.610. The molecule has 4 heteroatoms. The number of esters is 1. The third kappa shape index (κ3) is 3.95. The lowest BCUT2D eigenvalue weighted by atomic mass is 9.75. The number of hydrogen-bond donors (Lipinski definition) is 1. The summed E-state index contributed by atoms with van der Waals surface area (Å²) in [5.74, 6) is -0.810. The smallest absolute Gasteiger partial charge is 0.312 e. The van der Waals surface area contributed by atoms with Crippen LogP contribution < -0.4 is 0 Å². The fourth-order valence-electron chi connectivity index (χ4n) is 2.37. The van der Waals surface area contributed by atoms with Gasteiger partial charge in [-0.15, -0.1) is 0 Å². The highest BCUT2D eigenvalue weighted by molar-refractivity contribution is 5.73. The molecule has 0 bridgehead atoms. The molecule has 0 aliphatic heterocycles. The standard InChI is InChI=1S/C14H26O4/c1-10(12(15)18-13(2,3)4)14(16)8-6-11(17-5)7-9-14/h10-11,16H,6-9H2,1-5H3. The molecule has 0 aromatic heterocycles. The number of rotatable bonds is 3. The van der Waals surface area contributed by atoms with E-state index < -0.39 is 17.1 Å². The minimum Gasteiger partial charge on any atom is -0.460 e. The van der Waals surface area contributed by atoms with E-state index in [1.165, 1.54) is 0 Å². The van der Waals surface area contributed by atoms with E-state index >= 15 is 0 Å². The van der Waals surface area contributed by atoms with Gasteiger partial charge in [0.25, 0.3) is 0 Å². The van der Waals surface area contributed by atoms with Crippen LogP contribution >= 0.6 is 0 Å². The molecule has 1 saturated carbocycles. The van der Waals surface area contributed by atoms with E-state index in [9.17, 15) is 9.90 Å². The Morgan fingerprint density at radius 2 is 1.83 bits per heavy atom. The summed E-state index contributed by atoms with van der Waals surface area (Å²) in [5, 5.41) is 10.6. The molecule has 1 atom stereocenters. The Kier molecular flexibility index (Phi) is 4.78. The second kappa shape index (κ2) is 5.57. The fourth-order valence-corrected chi connectivity index (χ4v) is 2.37. The number of ether oxygens (including phenoxy) is 2. The van der Waals surface area contributed by atoms with Crippen LogP contribution in [-0.4, -0.2) is 35.5 Å². The largest absolute Gasteiger partial charge is 0.460 e. The van der Waals surface area contributed by atoms with Gasteiger partial charge in [-0.1, -0.05) is 0 Å². The van der Waals surface area contributed by atoms with E-state index in [1.54, 1.807) is 14.0 Å². The van der Waals surface area contributed by atoms with Crippen LogP contribution in [0, 0.1) is 5.92 Å². The molecule has 1 rings (SSSR count). The van der Waals surface area contributed by atoms with Crippen molar-refractivity contribution in [2.75, 3.05) is 7.11 Å². The van der Waals surface area contributed by atoms with E-state index in [0.29, 0.717) is 12.8 Å². The average molecular weight is 258 g/mol. The lowest BCUT2D eigenvalue weighted by molar-refractivity contribution is -0.172. The molecule has 0 radical (unpaired) electrons. The number of hydrogen-bond acceptors (Lipinski definition) is 4. The number of aliphatic hydroxyl groups is 1. The zero-order valence-electron chi connectivity index (χ0n) is 12.2. The van der Waals surface area contributed by atoms with Gasteiger partial charge in [0, 0.05) is 7.11 Å². The van der Waals surface area contributed by atoms with Crippen LogP contribution in [0.15, 0.2) is 0 Å². The van der Waals surface area contributed by atoms with Crippen molar-refractivity contribution in [1.82, 2.24) is 0 Å². The van der Waals surface area contributed by atoms with Crippen molar-refractivity contribution >= 4 is 5.97 Å². The normalized spacial score (nSPS) is 30.9. The maximum absolute atomic E-state index is 12.0. The number of carbonyl (C=O) groups is 1. The van der Waals surface area contributed by atoms with E-state index in [0.717, 1.165) is 12.8 Å². The van der Waals surface area contributed by atoms with Crippen molar-refractivity contribution in [2.24, 2.45) is 5.92 Å². The van der Waals surface area contributed by atoms with Crippen LogP contribution in [0.3, 0.4) is 0 Å². The SMILES string of the molecule is COC1CCC(O)(C(C)C(=O)OC(C)(C)C)CC1. The Morgan fingerprint density at radius 1 is 1.33 bits per heavy atom. The van der Waals surface area contributed by atoms with Gasteiger partial charge in [-0.3, -0.25) is 4.79 Å². The molecule has 1 fully saturated rings. The summed E-state index contributed by atoms with van der Waals surface area (Å²) in [4.78, 5) is 12.0. The molecule has 0 amide bonds. The zero-order valence-corrected chi connectivity index (χ0v) is 12.2. The molecule has 0 aromatic rings. The summed E-state index contributed by atoms with van der Waals surface area (Å²) in [7, 11) is 1.69. The minimum absolute atomic E-state index is 0.205. The maximum atomic E-state index is 12.0. The Labute approximate surface area is 110 Å². The summed E-state index contributed by atoms with van der Waals surface area (Å²) in [6.07, 6.45) is 2.97. The van der Waals surface area contributed by atoms with Gasteiger partial charge >= 0.3 is 5.97 Å². The average Bonchev–Trinajstić information content (AvgIpc) is 2.27. The van der Waals surface area contributed by atoms with Crippen molar-refractivity contribution in [3.8, 4) is 0 Å². The number of carbonyl (C=O) groups excluding carboxylic acids is 1. The van der Waals surface area contributed by atoms with Crippen molar-refractivity contribution < 1.29 is 19.4 Å². The van der Waals surface area contributed by atoms with Crippen LogP contribution in [-0.2, 0) is 14.3 Å². The first-order valence-corrected chi connectivity index (χ1v) is 6.66.